The van der Waals surface area contributed by atoms with Crippen LogP contribution in [0.25, 0.3) is 10.9 Å². The smallest absolute Gasteiger partial charge is 0.410 e. The van der Waals surface area contributed by atoms with Crippen LogP contribution in [-0.4, -0.2) is 59.1 Å². The summed E-state index contributed by atoms with van der Waals surface area (Å²) in [5.41, 5.74) is 2.03. The van der Waals surface area contributed by atoms with Crippen LogP contribution >= 0.6 is 0 Å². The SMILES string of the molecule is CN1CC2(CCN(C(=O)CCCc3c[nH]c4ccccc34)CC2)OC1=O. The molecule has 2 aliphatic rings. The summed E-state index contributed by atoms with van der Waals surface area (Å²) >= 11 is 0. The highest BCUT2D eigenvalue weighted by molar-refractivity contribution is 5.83. The minimum Gasteiger partial charge on any atom is -0.441 e. The van der Waals surface area contributed by atoms with Crippen LogP contribution in [0.2, 0.25) is 0 Å². The molecule has 1 aromatic carbocycles. The number of aromatic nitrogens is 1. The maximum absolute atomic E-state index is 12.5. The summed E-state index contributed by atoms with van der Waals surface area (Å²) in [5, 5.41) is 1.24. The molecule has 1 spiro atoms. The zero-order valence-corrected chi connectivity index (χ0v) is 15.2. The van der Waals surface area contributed by atoms with Gasteiger partial charge in [-0.25, -0.2) is 4.79 Å². The standard InChI is InChI=1S/C20H25N3O3/c1-22-14-20(26-19(22)25)9-11-23(12-10-20)18(24)8-4-5-15-13-21-17-7-3-2-6-16(15)17/h2-3,6-7,13,21H,4-5,8-12,14H2,1H3. The first-order chi connectivity index (χ1) is 12.6. The number of aromatic amines is 1. The molecule has 138 valence electrons. The number of amides is 2. The van der Waals surface area contributed by atoms with E-state index in [1.54, 1.807) is 11.9 Å². The fourth-order valence-electron chi connectivity index (χ4n) is 4.14. The Labute approximate surface area is 153 Å². The maximum Gasteiger partial charge on any atom is 0.410 e. The van der Waals surface area contributed by atoms with Crippen molar-refractivity contribution >= 4 is 22.9 Å². The molecule has 0 saturated carbocycles. The molecule has 0 atom stereocenters. The Bertz CT molecular complexity index is 821. The van der Waals surface area contributed by atoms with Crippen LogP contribution in [-0.2, 0) is 16.0 Å². The van der Waals surface area contributed by atoms with Crippen LogP contribution in [0.4, 0.5) is 4.79 Å². The van der Waals surface area contributed by atoms with Gasteiger partial charge in [0.1, 0.15) is 5.60 Å². The first-order valence-electron chi connectivity index (χ1n) is 9.33. The van der Waals surface area contributed by atoms with Crippen molar-refractivity contribution in [3.05, 3.63) is 36.0 Å². The van der Waals surface area contributed by atoms with Crippen LogP contribution in [0.1, 0.15) is 31.2 Å². The van der Waals surface area contributed by atoms with Crippen molar-refractivity contribution in [2.75, 3.05) is 26.7 Å². The monoisotopic (exact) mass is 355 g/mol. The minimum atomic E-state index is -0.382. The molecule has 3 heterocycles. The number of benzene rings is 1. The van der Waals surface area contributed by atoms with E-state index in [9.17, 15) is 9.59 Å². The molecule has 0 aliphatic carbocycles. The van der Waals surface area contributed by atoms with Gasteiger partial charge in [-0.15, -0.1) is 0 Å². The molecular weight excluding hydrogens is 330 g/mol. The van der Waals surface area contributed by atoms with Gasteiger partial charge in [0.25, 0.3) is 0 Å². The fourth-order valence-corrected chi connectivity index (χ4v) is 4.14. The van der Waals surface area contributed by atoms with E-state index in [2.05, 4.69) is 17.1 Å². The number of H-pyrrole nitrogens is 1. The van der Waals surface area contributed by atoms with Crippen LogP contribution in [0.15, 0.2) is 30.5 Å². The molecule has 26 heavy (non-hydrogen) atoms. The highest BCUT2D eigenvalue weighted by Crippen LogP contribution is 2.32. The number of likely N-dealkylation sites (tertiary alicyclic amines) is 1. The van der Waals surface area contributed by atoms with Gasteiger partial charge in [0.2, 0.25) is 5.91 Å². The molecule has 1 aromatic heterocycles. The first kappa shape index (κ1) is 16.9. The second kappa shape index (κ2) is 6.67. The summed E-state index contributed by atoms with van der Waals surface area (Å²) in [6.07, 6.45) is 5.57. The zero-order valence-electron chi connectivity index (χ0n) is 15.2. The van der Waals surface area contributed by atoms with E-state index >= 15 is 0 Å². The van der Waals surface area contributed by atoms with Crippen molar-refractivity contribution in [1.29, 1.82) is 0 Å². The van der Waals surface area contributed by atoms with Crippen LogP contribution in [0.5, 0.6) is 0 Å². The Morgan fingerprint density at radius 2 is 2.04 bits per heavy atom. The van der Waals surface area contributed by atoms with E-state index < -0.39 is 0 Å². The number of carbonyl (C=O) groups is 2. The number of rotatable bonds is 4. The lowest BCUT2D eigenvalue weighted by molar-refractivity contribution is -0.134. The molecular formula is C20H25N3O3. The Morgan fingerprint density at radius 3 is 2.77 bits per heavy atom. The Hall–Kier alpha value is -2.50. The lowest BCUT2D eigenvalue weighted by Gasteiger charge is -2.37. The third-order valence-corrected chi connectivity index (χ3v) is 5.68. The summed E-state index contributed by atoms with van der Waals surface area (Å²) in [4.78, 5) is 31.0. The highest BCUT2D eigenvalue weighted by Gasteiger charge is 2.46. The number of piperidine rings is 1. The number of fused-ring (bicyclic) bond motifs is 1. The van der Waals surface area contributed by atoms with E-state index in [1.807, 2.05) is 23.2 Å². The first-order valence-corrected chi connectivity index (χ1v) is 9.33. The largest absolute Gasteiger partial charge is 0.441 e. The average molecular weight is 355 g/mol. The van der Waals surface area contributed by atoms with Crippen molar-refractivity contribution < 1.29 is 14.3 Å². The Kier molecular flexibility index (Phi) is 4.34. The molecule has 2 fully saturated rings. The van der Waals surface area contributed by atoms with Gasteiger partial charge in [0.05, 0.1) is 6.54 Å². The molecule has 6 heteroatoms. The van der Waals surface area contributed by atoms with Gasteiger partial charge < -0.3 is 19.5 Å². The van der Waals surface area contributed by atoms with Crippen LogP contribution in [0, 0.1) is 0 Å². The minimum absolute atomic E-state index is 0.206. The fraction of sp³-hybridized carbons (Fsp3) is 0.500. The summed E-state index contributed by atoms with van der Waals surface area (Å²) < 4.78 is 5.55. The zero-order chi connectivity index (χ0) is 18.1. The Balaban J connectivity index is 1.26. The third-order valence-electron chi connectivity index (χ3n) is 5.68. The number of para-hydroxylation sites is 1. The average Bonchev–Trinajstić information content (AvgIpc) is 3.17. The van der Waals surface area contributed by atoms with Crippen LogP contribution < -0.4 is 0 Å². The van der Waals surface area contributed by atoms with Crippen molar-refractivity contribution in [2.45, 2.75) is 37.7 Å². The van der Waals surface area contributed by atoms with Gasteiger partial charge in [-0.05, 0) is 24.5 Å². The topological polar surface area (TPSA) is 65.6 Å². The van der Waals surface area contributed by atoms with E-state index in [1.165, 1.54) is 10.9 Å². The molecule has 2 aliphatic heterocycles. The second-order valence-corrected chi connectivity index (χ2v) is 7.50. The predicted octanol–water partition coefficient (Wildman–Crippen LogP) is 2.93. The lowest BCUT2D eigenvalue weighted by atomic mass is 9.91. The number of ether oxygens (including phenoxy) is 1. The van der Waals surface area contributed by atoms with E-state index in [4.69, 9.17) is 4.74 Å². The van der Waals surface area contributed by atoms with Gasteiger partial charge in [-0.2, -0.15) is 0 Å². The van der Waals surface area contributed by atoms with Gasteiger partial charge in [0, 0.05) is 56.5 Å². The normalized spacial score (nSPS) is 19.3. The van der Waals surface area contributed by atoms with Gasteiger partial charge in [-0.1, -0.05) is 18.2 Å². The number of aryl methyl sites for hydroxylation is 1. The number of nitrogens with zero attached hydrogens (tertiary/aromatic N) is 2. The van der Waals surface area contributed by atoms with Gasteiger partial charge in [0.15, 0.2) is 0 Å². The Morgan fingerprint density at radius 1 is 1.27 bits per heavy atom. The molecule has 1 N–H and O–H groups in total. The number of hydrogen-bond donors (Lipinski definition) is 1. The molecule has 2 saturated heterocycles. The summed E-state index contributed by atoms with van der Waals surface area (Å²) in [6, 6.07) is 8.25. The molecule has 2 aromatic rings. The van der Waals surface area contributed by atoms with Gasteiger partial charge >= 0.3 is 6.09 Å². The van der Waals surface area contributed by atoms with E-state index in [0.717, 1.165) is 31.2 Å². The maximum atomic E-state index is 12.5. The van der Waals surface area contributed by atoms with E-state index in [0.29, 0.717) is 26.1 Å². The van der Waals surface area contributed by atoms with Crippen LogP contribution in [0.3, 0.4) is 0 Å². The summed E-state index contributed by atoms with van der Waals surface area (Å²) in [5.74, 6) is 0.206. The molecule has 0 radical (unpaired) electrons. The summed E-state index contributed by atoms with van der Waals surface area (Å²) in [7, 11) is 1.76. The van der Waals surface area contributed by atoms with E-state index in [-0.39, 0.29) is 17.6 Å². The second-order valence-electron chi connectivity index (χ2n) is 7.50. The number of likely N-dealkylation sites (N-methyl/N-ethyl adjacent to an activating group) is 1. The molecule has 0 unspecified atom stereocenters. The van der Waals surface area contributed by atoms with Crippen molar-refractivity contribution in [3.8, 4) is 0 Å². The van der Waals surface area contributed by atoms with Crippen molar-refractivity contribution in [2.24, 2.45) is 0 Å². The highest BCUT2D eigenvalue weighted by atomic mass is 16.6. The predicted molar refractivity (Wildman–Crippen MR) is 98.9 cm³/mol. The molecule has 0 bridgehead atoms. The molecule has 6 nitrogen and oxygen atoms in total. The molecule has 2 amide bonds. The number of carbonyl (C=O) groups excluding carboxylic acids is 2. The quantitative estimate of drug-likeness (QED) is 0.917. The van der Waals surface area contributed by atoms with Crippen molar-refractivity contribution in [3.63, 3.8) is 0 Å². The third kappa shape index (κ3) is 3.16. The van der Waals surface area contributed by atoms with Gasteiger partial charge in [-0.3, -0.25) is 4.79 Å². The number of nitrogens with one attached hydrogen (secondary N) is 1. The summed E-state index contributed by atoms with van der Waals surface area (Å²) in [6.45, 7) is 1.98. The molecule has 4 rings (SSSR count). The van der Waals surface area contributed by atoms with Crippen molar-refractivity contribution in [1.82, 2.24) is 14.8 Å². The number of hydrogen-bond acceptors (Lipinski definition) is 3. The lowest BCUT2D eigenvalue weighted by Crippen LogP contribution is -2.48.